The Balaban J connectivity index is 1.52. The van der Waals surface area contributed by atoms with Gasteiger partial charge in [0, 0.05) is 23.4 Å². The van der Waals surface area contributed by atoms with Crippen LogP contribution in [0.15, 0.2) is 60.7 Å². The fraction of sp³-hybridized carbons (Fsp3) is 0.333. The maximum Gasteiger partial charge on any atom is 0.329 e. The second kappa shape index (κ2) is 12.0. The van der Waals surface area contributed by atoms with E-state index < -0.39 is 24.5 Å². The van der Waals surface area contributed by atoms with Crippen molar-refractivity contribution in [2.24, 2.45) is 5.92 Å². The third kappa shape index (κ3) is 7.02. The third-order valence-electron chi connectivity index (χ3n) is 5.76. The van der Waals surface area contributed by atoms with Crippen LogP contribution in [0.4, 0.5) is 0 Å². The highest BCUT2D eigenvalue weighted by molar-refractivity contribution is 5.97. The third-order valence-corrected chi connectivity index (χ3v) is 5.76. The number of esters is 1. The Kier molecular flexibility index (Phi) is 8.78. The van der Waals surface area contributed by atoms with E-state index >= 15 is 0 Å². The Hall–Kier alpha value is -3.94. The highest BCUT2D eigenvalue weighted by Gasteiger charge is 2.26. The van der Waals surface area contributed by atoms with Gasteiger partial charge in [0.1, 0.15) is 6.04 Å². The molecule has 8 heteroatoms. The van der Waals surface area contributed by atoms with E-state index in [2.05, 4.69) is 15.7 Å². The maximum atomic E-state index is 12.6. The number of nitrogens with zero attached hydrogens (tertiary/aromatic N) is 2. The molecular formula is C27H32N4O4. The topological polar surface area (TPSA) is 102 Å². The molecule has 2 aromatic carbocycles. The molecule has 0 aliphatic rings. The molecule has 2 N–H and O–H groups in total. The van der Waals surface area contributed by atoms with Crippen LogP contribution in [0.5, 0.6) is 0 Å². The van der Waals surface area contributed by atoms with E-state index in [9.17, 15) is 14.4 Å². The van der Waals surface area contributed by atoms with Gasteiger partial charge >= 0.3 is 5.97 Å². The quantitative estimate of drug-likeness (QED) is 0.438. The van der Waals surface area contributed by atoms with Gasteiger partial charge in [0.25, 0.3) is 11.8 Å². The summed E-state index contributed by atoms with van der Waals surface area (Å²) in [6.07, 6.45) is 0. The fourth-order valence-corrected chi connectivity index (χ4v) is 3.68. The molecule has 0 aliphatic heterocycles. The van der Waals surface area contributed by atoms with Crippen LogP contribution in [0.25, 0.3) is 0 Å². The smallest absolute Gasteiger partial charge is 0.329 e. The van der Waals surface area contributed by atoms with Crippen molar-refractivity contribution in [3.05, 3.63) is 88.7 Å². The van der Waals surface area contributed by atoms with E-state index in [1.807, 2.05) is 48.9 Å². The van der Waals surface area contributed by atoms with Gasteiger partial charge in [0.2, 0.25) is 0 Å². The predicted molar refractivity (Wildman–Crippen MR) is 133 cm³/mol. The van der Waals surface area contributed by atoms with Gasteiger partial charge in [-0.1, -0.05) is 62.4 Å². The predicted octanol–water partition coefficient (Wildman–Crippen LogP) is 3.16. The SMILES string of the molecule is Cc1nn(Cc2ccccc2)c(C)c1CNC(=O)COC(=O)[C@@H](NC(=O)c1ccccc1)C(C)C. The zero-order valence-electron chi connectivity index (χ0n) is 20.6. The summed E-state index contributed by atoms with van der Waals surface area (Å²) in [5.41, 5.74) is 4.31. The van der Waals surface area contributed by atoms with Gasteiger partial charge in [-0.25, -0.2) is 4.79 Å². The second-order valence-electron chi connectivity index (χ2n) is 8.74. The minimum absolute atomic E-state index is 0.209. The molecule has 2 amide bonds. The van der Waals surface area contributed by atoms with Gasteiger partial charge in [-0.15, -0.1) is 0 Å². The lowest BCUT2D eigenvalue weighted by Crippen LogP contribution is -2.46. The highest BCUT2D eigenvalue weighted by Crippen LogP contribution is 2.15. The van der Waals surface area contributed by atoms with E-state index in [0.29, 0.717) is 12.1 Å². The normalized spacial score (nSPS) is 11.7. The summed E-state index contributed by atoms with van der Waals surface area (Å²) in [4.78, 5) is 37.4. The average molecular weight is 477 g/mol. The van der Waals surface area contributed by atoms with Crippen LogP contribution in [-0.4, -0.2) is 40.2 Å². The van der Waals surface area contributed by atoms with E-state index in [4.69, 9.17) is 4.74 Å². The van der Waals surface area contributed by atoms with Crippen LogP contribution in [0.1, 0.15) is 46.7 Å². The molecule has 0 bridgehead atoms. The van der Waals surface area contributed by atoms with Crippen LogP contribution < -0.4 is 10.6 Å². The molecule has 0 aliphatic carbocycles. The summed E-state index contributed by atoms with van der Waals surface area (Å²) in [7, 11) is 0. The molecule has 3 rings (SSSR count). The Morgan fingerprint density at radius 3 is 2.23 bits per heavy atom. The fourth-order valence-electron chi connectivity index (χ4n) is 3.68. The van der Waals surface area contributed by atoms with Crippen molar-refractivity contribution in [3.63, 3.8) is 0 Å². The summed E-state index contributed by atoms with van der Waals surface area (Å²) in [6, 6.07) is 17.8. The van der Waals surface area contributed by atoms with Crippen LogP contribution in [0.3, 0.4) is 0 Å². The van der Waals surface area contributed by atoms with E-state index in [-0.39, 0.29) is 18.4 Å². The number of nitrogens with one attached hydrogen (secondary N) is 2. The first-order chi connectivity index (χ1) is 16.8. The molecule has 35 heavy (non-hydrogen) atoms. The van der Waals surface area contributed by atoms with Crippen molar-refractivity contribution in [2.75, 3.05) is 6.61 Å². The van der Waals surface area contributed by atoms with Crippen molar-refractivity contribution in [2.45, 2.75) is 46.8 Å². The Morgan fingerprint density at radius 1 is 0.971 bits per heavy atom. The summed E-state index contributed by atoms with van der Waals surface area (Å²) in [5, 5.41) is 10.1. The second-order valence-corrected chi connectivity index (χ2v) is 8.74. The van der Waals surface area contributed by atoms with Crippen molar-refractivity contribution < 1.29 is 19.1 Å². The summed E-state index contributed by atoms with van der Waals surface area (Å²) in [6.45, 7) is 7.96. The first kappa shape index (κ1) is 25.7. The van der Waals surface area contributed by atoms with Gasteiger partial charge < -0.3 is 15.4 Å². The maximum absolute atomic E-state index is 12.6. The molecule has 1 aromatic heterocycles. The summed E-state index contributed by atoms with van der Waals surface area (Å²) in [5.74, 6) is -1.66. The monoisotopic (exact) mass is 476 g/mol. The van der Waals surface area contributed by atoms with Crippen molar-refractivity contribution in [3.8, 4) is 0 Å². The van der Waals surface area contributed by atoms with E-state index in [1.54, 1.807) is 44.2 Å². The molecule has 0 radical (unpaired) electrons. The Bertz CT molecular complexity index is 1160. The zero-order chi connectivity index (χ0) is 25.4. The minimum Gasteiger partial charge on any atom is -0.454 e. The average Bonchev–Trinajstić information content (AvgIpc) is 3.12. The van der Waals surface area contributed by atoms with Crippen LogP contribution >= 0.6 is 0 Å². The van der Waals surface area contributed by atoms with Crippen molar-refractivity contribution in [1.82, 2.24) is 20.4 Å². The molecule has 0 saturated carbocycles. The number of amides is 2. The first-order valence-corrected chi connectivity index (χ1v) is 11.6. The summed E-state index contributed by atoms with van der Waals surface area (Å²) >= 11 is 0. The molecule has 8 nitrogen and oxygen atoms in total. The van der Waals surface area contributed by atoms with Gasteiger partial charge in [0.05, 0.1) is 12.2 Å². The van der Waals surface area contributed by atoms with Crippen molar-refractivity contribution in [1.29, 1.82) is 0 Å². The largest absolute Gasteiger partial charge is 0.454 e. The van der Waals surface area contributed by atoms with E-state index in [1.165, 1.54) is 0 Å². The van der Waals surface area contributed by atoms with Gasteiger partial charge in [0.15, 0.2) is 6.61 Å². The summed E-state index contributed by atoms with van der Waals surface area (Å²) < 4.78 is 7.12. The van der Waals surface area contributed by atoms with Crippen LogP contribution in [0.2, 0.25) is 0 Å². The molecule has 0 fully saturated rings. The first-order valence-electron chi connectivity index (χ1n) is 11.6. The molecule has 1 heterocycles. The van der Waals surface area contributed by atoms with Gasteiger partial charge in [-0.3, -0.25) is 14.3 Å². The van der Waals surface area contributed by atoms with Gasteiger partial charge in [-0.2, -0.15) is 5.10 Å². The number of hydrogen-bond acceptors (Lipinski definition) is 5. The van der Waals surface area contributed by atoms with Crippen LogP contribution in [-0.2, 0) is 27.4 Å². The molecule has 0 spiro atoms. The zero-order valence-corrected chi connectivity index (χ0v) is 20.6. The number of carbonyl (C=O) groups is 3. The van der Waals surface area contributed by atoms with Crippen molar-refractivity contribution >= 4 is 17.8 Å². The minimum atomic E-state index is -0.865. The Labute approximate surface area is 205 Å². The molecule has 0 saturated heterocycles. The lowest BCUT2D eigenvalue weighted by atomic mass is 10.0. The molecular weight excluding hydrogens is 444 g/mol. The molecule has 3 aromatic rings. The van der Waals surface area contributed by atoms with Gasteiger partial charge in [-0.05, 0) is 37.5 Å². The number of aromatic nitrogens is 2. The Morgan fingerprint density at radius 2 is 1.60 bits per heavy atom. The van der Waals surface area contributed by atoms with E-state index in [0.717, 1.165) is 22.5 Å². The van der Waals surface area contributed by atoms with Crippen LogP contribution in [0, 0.1) is 19.8 Å². The number of carbonyl (C=O) groups excluding carboxylic acids is 3. The molecule has 1 atom stereocenters. The molecule has 184 valence electrons. The number of rotatable bonds is 10. The standard InChI is InChI=1S/C27H32N4O4/c1-18(2)25(29-26(33)22-13-9-6-10-14-22)27(34)35-17-24(32)28-15-23-19(3)30-31(20(23)4)16-21-11-7-5-8-12-21/h5-14,18,25H,15-17H2,1-4H3,(H,28,32)(H,29,33)/t25-/m0/s1. The lowest BCUT2D eigenvalue weighted by molar-refractivity contribution is -0.151. The molecule has 0 unspecified atom stereocenters. The number of hydrogen-bond donors (Lipinski definition) is 2. The number of aryl methyl sites for hydroxylation is 1. The lowest BCUT2D eigenvalue weighted by Gasteiger charge is -2.20. The highest BCUT2D eigenvalue weighted by atomic mass is 16.5. The number of benzene rings is 2. The number of ether oxygens (including phenoxy) is 1.